The molecule has 0 aliphatic carbocycles. The van der Waals surface area contributed by atoms with Crippen LogP contribution in [-0.4, -0.2) is 41.4 Å². The summed E-state index contributed by atoms with van der Waals surface area (Å²) in [4.78, 5) is 15.1. The standard InChI is InChI=1S/C14H19NO2S/c1-18-13-4-2-11(3-5-13)10-14(17)15-8-6-12(16)7-9-15/h2-5,12,16H,6-10H2,1H3. The highest BCUT2D eigenvalue weighted by molar-refractivity contribution is 7.98. The molecule has 1 aromatic carbocycles. The third-order valence-corrected chi connectivity index (χ3v) is 4.08. The molecular weight excluding hydrogens is 246 g/mol. The fourth-order valence-electron chi connectivity index (χ4n) is 2.15. The molecule has 1 aromatic rings. The normalized spacial score (nSPS) is 16.9. The Hall–Kier alpha value is -1.00. The topological polar surface area (TPSA) is 40.5 Å². The first-order chi connectivity index (χ1) is 8.69. The monoisotopic (exact) mass is 265 g/mol. The number of thioether (sulfide) groups is 1. The van der Waals surface area contributed by atoms with Crippen LogP contribution in [-0.2, 0) is 11.2 Å². The molecule has 1 aliphatic rings. The van der Waals surface area contributed by atoms with Crippen molar-refractivity contribution in [3.05, 3.63) is 29.8 Å². The quantitative estimate of drug-likeness (QED) is 0.849. The molecule has 0 bridgehead atoms. The summed E-state index contributed by atoms with van der Waals surface area (Å²) in [5.74, 6) is 0.166. The van der Waals surface area contributed by atoms with Crippen molar-refractivity contribution in [1.29, 1.82) is 0 Å². The molecule has 1 heterocycles. The van der Waals surface area contributed by atoms with Gasteiger partial charge in [-0.25, -0.2) is 0 Å². The number of hydrogen-bond donors (Lipinski definition) is 1. The molecule has 1 saturated heterocycles. The molecule has 0 aromatic heterocycles. The molecule has 0 radical (unpaired) electrons. The molecule has 1 N–H and O–H groups in total. The lowest BCUT2D eigenvalue weighted by atomic mass is 10.1. The lowest BCUT2D eigenvalue weighted by Crippen LogP contribution is -2.40. The maximum Gasteiger partial charge on any atom is 0.226 e. The van der Waals surface area contributed by atoms with Gasteiger partial charge in [0.2, 0.25) is 5.91 Å². The summed E-state index contributed by atoms with van der Waals surface area (Å²) < 4.78 is 0. The Morgan fingerprint density at radius 2 is 1.94 bits per heavy atom. The maximum atomic E-state index is 12.1. The summed E-state index contributed by atoms with van der Waals surface area (Å²) >= 11 is 1.70. The van der Waals surface area contributed by atoms with Crippen molar-refractivity contribution in [2.75, 3.05) is 19.3 Å². The molecule has 0 saturated carbocycles. The lowest BCUT2D eigenvalue weighted by molar-refractivity contribution is -0.132. The van der Waals surface area contributed by atoms with Gasteiger partial charge < -0.3 is 10.0 Å². The number of benzene rings is 1. The van der Waals surface area contributed by atoms with E-state index < -0.39 is 0 Å². The van der Waals surface area contributed by atoms with Gasteiger partial charge >= 0.3 is 0 Å². The highest BCUT2D eigenvalue weighted by Crippen LogP contribution is 2.16. The van der Waals surface area contributed by atoms with Crippen molar-refractivity contribution >= 4 is 17.7 Å². The Kier molecular flexibility index (Phi) is 4.66. The second-order valence-corrected chi connectivity index (χ2v) is 5.52. The Balaban J connectivity index is 1.90. The highest BCUT2D eigenvalue weighted by Gasteiger charge is 2.21. The van der Waals surface area contributed by atoms with Crippen LogP contribution < -0.4 is 0 Å². The lowest BCUT2D eigenvalue weighted by Gasteiger charge is -2.29. The van der Waals surface area contributed by atoms with Crippen LogP contribution in [0, 0.1) is 0 Å². The number of aliphatic hydroxyl groups excluding tert-OH is 1. The number of aliphatic hydroxyl groups is 1. The number of likely N-dealkylation sites (tertiary alicyclic amines) is 1. The number of carbonyl (C=O) groups excluding carboxylic acids is 1. The Morgan fingerprint density at radius 1 is 1.33 bits per heavy atom. The summed E-state index contributed by atoms with van der Waals surface area (Å²) in [5, 5.41) is 9.42. The van der Waals surface area contributed by atoms with Crippen LogP contribution in [0.25, 0.3) is 0 Å². The zero-order chi connectivity index (χ0) is 13.0. The number of carbonyl (C=O) groups is 1. The van der Waals surface area contributed by atoms with Gasteiger partial charge in [-0.3, -0.25) is 4.79 Å². The van der Waals surface area contributed by atoms with E-state index in [0.717, 1.165) is 5.56 Å². The Bertz CT molecular complexity index is 397. The minimum Gasteiger partial charge on any atom is -0.393 e. The van der Waals surface area contributed by atoms with Gasteiger partial charge in [-0.15, -0.1) is 11.8 Å². The number of hydrogen-bond acceptors (Lipinski definition) is 3. The highest BCUT2D eigenvalue weighted by atomic mass is 32.2. The fourth-order valence-corrected chi connectivity index (χ4v) is 2.55. The number of nitrogens with zero attached hydrogens (tertiary/aromatic N) is 1. The Morgan fingerprint density at radius 3 is 2.50 bits per heavy atom. The van der Waals surface area contributed by atoms with Crippen molar-refractivity contribution in [2.24, 2.45) is 0 Å². The van der Waals surface area contributed by atoms with Gasteiger partial charge in [0, 0.05) is 18.0 Å². The smallest absolute Gasteiger partial charge is 0.226 e. The van der Waals surface area contributed by atoms with Gasteiger partial charge in [0.1, 0.15) is 0 Å². The van der Waals surface area contributed by atoms with Gasteiger partial charge in [-0.05, 0) is 36.8 Å². The van der Waals surface area contributed by atoms with E-state index >= 15 is 0 Å². The van der Waals surface area contributed by atoms with E-state index in [2.05, 4.69) is 0 Å². The third kappa shape index (κ3) is 3.50. The first-order valence-corrected chi connectivity index (χ1v) is 7.50. The molecule has 3 nitrogen and oxygen atoms in total. The van der Waals surface area contributed by atoms with Crippen LogP contribution in [0.4, 0.5) is 0 Å². The molecule has 4 heteroatoms. The third-order valence-electron chi connectivity index (χ3n) is 3.33. The largest absolute Gasteiger partial charge is 0.393 e. The van der Waals surface area contributed by atoms with Crippen molar-refractivity contribution in [3.63, 3.8) is 0 Å². The first-order valence-electron chi connectivity index (χ1n) is 6.28. The zero-order valence-electron chi connectivity index (χ0n) is 10.6. The summed E-state index contributed by atoms with van der Waals surface area (Å²) in [7, 11) is 0. The average molecular weight is 265 g/mol. The van der Waals surface area contributed by atoms with Gasteiger partial charge in [-0.2, -0.15) is 0 Å². The molecule has 0 atom stereocenters. The van der Waals surface area contributed by atoms with Crippen LogP contribution in [0.3, 0.4) is 0 Å². The minimum absolute atomic E-state index is 0.166. The maximum absolute atomic E-state index is 12.1. The van der Waals surface area contributed by atoms with Crippen molar-refractivity contribution in [2.45, 2.75) is 30.3 Å². The second kappa shape index (κ2) is 6.25. The average Bonchev–Trinajstić information content (AvgIpc) is 2.40. The van der Waals surface area contributed by atoms with E-state index in [-0.39, 0.29) is 12.0 Å². The van der Waals surface area contributed by atoms with Crippen molar-refractivity contribution < 1.29 is 9.90 Å². The van der Waals surface area contributed by atoms with Crippen LogP contribution in [0.5, 0.6) is 0 Å². The van der Waals surface area contributed by atoms with E-state index in [0.29, 0.717) is 32.4 Å². The van der Waals surface area contributed by atoms with E-state index in [1.54, 1.807) is 11.8 Å². The zero-order valence-corrected chi connectivity index (χ0v) is 11.4. The fraction of sp³-hybridized carbons (Fsp3) is 0.500. The summed E-state index contributed by atoms with van der Waals surface area (Å²) in [5.41, 5.74) is 1.06. The molecule has 98 valence electrons. The first kappa shape index (κ1) is 13.4. The molecule has 2 rings (SSSR count). The van der Waals surface area contributed by atoms with E-state index in [4.69, 9.17) is 0 Å². The molecule has 1 amide bonds. The number of rotatable bonds is 3. The number of amides is 1. The second-order valence-electron chi connectivity index (χ2n) is 4.64. The molecular formula is C14H19NO2S. The summed E-state index contributed by atoms with van der Waals surface area (Å²) in [6.07, 6.45) is 3.69. The molecule has 1 fully saturated rings. The van der Waals surface area contributed by atoms with E-state index in [1.807, 2.05) is 35.4 Å². The SMILES string of the molecule is CSc1ccc(CC(=O)N2CCC(O)CC2)cc1. The summed E-state index contributed by atoms with van der Waals surface area (Å²) in [6, 6.07) is 8.13. The minimum atomic E-state index is -0.227. The van der Waals surface area contributed by atoms with Gasteiger partial charge in [0.05, 0.1) is 12.5 Å². The van der Waals surface area contributed by atoms with E-state index in [9.17, 15) is 9.90 Å². The predicted octanol–water partition coefficient (Wildman–Crippen LogP) is 1.93. The van der Waals surface area contributed by atoms with Gasteiger partial charge in [0.25, 0.3) is 0 Å². The van der Waals surface area contributed by atoms with E-state index in [1.165, 1.54) is 4.90 Å². The molecule has 1 aliphatic heterocycles. The van der Waals surface area contributed by atoms with Crippen LogP contribution in [0.1, 0.15) is 18.4 Å². The summed E-state index contributed by atoms with van der Waals surface area (Å²) in [6.45, 7) is 1.37. The van der Waals surface area contributed by atoms with Crippen molar-refractivity contribution in [3.8, 4) is 0 Å². The number of piperidine rings is 1. The molecule has 0 unspecified atom stereocenters. The van der Waals surface area contributed by atoms with Crippen LogP contribution in [0.2, 0.25) is 0 Å². The molecule has 18 heavy (non-hydrogen) atoms. The van der Waals surface area contributed by atoms with Crippen LogP contribution in [0.15, 0.2) is 29.2 Å². The van der Waals surface area contributed by atoms with Crippen molar-refractivity contribution in [1.82, 2.24) is 4.90 Å². The molecule has 0 spiro atoms. The van der Waals surface area contributed by atoms with Gasteiger partial charge in [0.15, 0.2) is 0 Å². The predicted molar refractivity (Wildman–Crippen MR) is 73.7 cm³/mol. The van der Waals surface area contributed by atoms with Gasteiger partial charge in [-0.1, -0.05) is 12.1 Å². The Labute approximate surface area is 112 Å². The van der Waals surface area contributed by atoms with Crippen LogP contribution >= 0.6 is 11.8 Å².